The molecule has 1 atom stereocenters. The quantitative estimate of drug-likeness (QED) is 0.342. The zero-order valence-electron chi connectivity index (χ0n) is 8.16. The van der Waals surface area contributed by atoms with Gasteiger partial charge in [-0.2, -0.15) is 0 Å². The van der Waals surface area contributed by atoms with E-state index >= 15 is 0 Å². The maximum Gasteiger partial charge on any atom is 0.237 e. The third kappa shape index (κ3) is 6.09. The Morgan fingerprint density at radius 2 is 2.50 bits per heavy atom. The van der Waals surface area contributed by atoms with E-state index in [4.69, 9.17) is 16.9 Å². The molecule has 4 nitrogen and oxygen atoms in total. The van der Waals surface area contributed by atoms with Crippen LogP contribution >= 0.6 is 0 Å². The molecule has 0 fully saturated rings. The molecule has 3 N–H and O–H groups in total. The zero-order valence-corrected chi connectivity index (χ0v) is 8.16. The summed E-state index contributed by atoms with van der Waals surface area (Å²) in [5.74, 6) is 2.11. The molecule has 0 saturated heterocycles. The van der Waals surface area contributed by atoms with Crippen molar-refractivity contribution in [1.82, 2.24) is 5.32 Å². The molecule has 0 heterocycles. The van der Waals surface area contributed by atoms with Gasteiger partial charge in [0, 0.05) is 13.0 Å². The van der Waals surface area contributed by atoms with E-state index < -0.39 is 6.04 Å². The van der Waals surface area contributed by atoms with Crippen LogP contribution in [0, 0.1) is 12.3 Å². The molecular weight excluding hydrogens is 180 g/mol. The van der Waals surface area contributed by atoms with Gasteiger partial charge in [-0.3, -0.25) is 4.79 Å². The van der Waals surface area contributed by atoms with Crippen LogP contribution in [0.1, 0.15) is 12.8 Å². The Kier molecular flexibility index (Phi) is 7.29. The van der Waals surface area contributed by atoms with Crippen molar-refractivity contribution in [3.05, 3.63) is 12.8 Å². The van der Waals surface area contributed by atoms with Gasteiger partial charge in [-0.05, 0) is 6.42 Å². The summed E-state index contributed by atoms with van der Waals surface area (Å²) in [5, 5.41) is 2.65. The number of hydrogen-bond acceptors (Lipinski definition) is 3. The Labute approximate surface area is 84.5 Å². The normalized spacial score (nSPS) is 11.1. The van der Waals surface area contributed by atoms with Crippen molar-refractivity contribution in [2.24, 2.45) is 5.73 Å². The minimum Gasteiger partial charge on any atom is -0.502 e. The second kappa shape index (κ2) is 8.14. The SMILES string of the molecule is C#CCC(N)C(=O)NCCCOC=C. The van der Waals surface area contributed by atoms with Crippen molar-refractivity contribution in [2.75, 3.05) is 13.2 Å². The number of terminal acetylenes is 1. The lowest BCUT2D eigenvalue weighted by Gasteiger charge is -2.09. The summed E-state index contributed by atoms with van der Waals surface area (Å²) in [4.78, 5) is 11.2. The van der Waals surface area contributed by atoms with Crippen LogP contribution in [0.4, 0.5) is 0 Å². The highest BCUT2D eigenvalue weighted by Crippen LogP contribution is 1.86. The fourth-order valence-corrected chi connectivity index (χ4v) is 0.801. The minimum absolute atomic E-state index is 0.221. The van der Waals surface area contributed by atoms with Crippen molar-refractivity contribution in [3.8, 4) is 12.3 Å². The largest absolute Gasteiger partial charge is 0.502 e. The first-order valence-electron chi connectivity index (χ1n) is 4.41. The summed E-state index contributed by atoms with van der Waals surface area (Å²) in [6.45, 7) is 4.46. The van der Waals surface area contributed by atoms with Gasteiger partial charge in [-0.15, -0.1) is 12.3 Å². The third-order valence-electron chi connectivity index (χ3n) is 1.53. The van der Waals surface area contributed by atoms with E-state index in [0.717, 1.165) is 6.42 Å². The molecule has 0 aliphatic rings. The van der Waals surface area contributed by atoms with Gasteiger partial charge in [0.15, 0.2) is 0 Å². The average molecular weight is 196 g/mol. The number of nitrogens with two attached hydrogens (primary N) is 1. The molecular formula is C10H16N2O2. The summed E-state index contributed by atoms with van der Waals surface area (Å²) in [5.41, 5.74) is 5.47. The molecule has 0 aliphatic carbocycles. The van der Waals surface area contributed by atoms with Gasteiger partial charge >= 0.3 is 0 Å². The number of amides is 1. The molecule has 0 radical (unpaired) electrons. The van der Waals surface area contributed by atoms with Crippen LogP contribution in [0.25, 0.3) is 0 Å². The zero-order chi connectivity index (χ0) is 10.8. The predicted octanol–water partition coefficient (Wildman–Crippen LogP) is 0.00340. The summed E-state index contributed by atoms with van der Waals surface area (Å²) < 4.78 is 4.87. The van der Waals surface area contributed by atoms with Crippen LogP contribution in [-0.4, -0.2) is 25.1 Å². The number of carbonyl (C=O) groups excluding carboxylic acids is 1. The molecule has 14 heavy (non-hydrogen) atoms. The lowest BCUT2D eigenvalue weighted by molar-refractivity contribution is -0.122. The Morgan fingerprint density at radius 1 is 1.79 bits per heavy atom. The molecule has 78 valence electrons. The maximum atomic E-state index is 11.2. The molecule has 0 rings (SSSR count). The highest BCUT2D eigenvalue weighted by molar-refractivity contribution is 5.81. The summed E-state index contributed by atoms with van der Waals surface area (Å²) in [6, 6.07) is -0.611. The fourth-order valence-electron chi connectivity index (χ4n) is 0.801. The molecule has 0 aromatic heterocycles. The van der Waals surface area contributed by atoms with Crippen molar-refractivity contribution in [3.63, 3.8) is 0 Å². The van der Waals surface area contributed by atoms with Crippen LogP contribution in [0.2, 0.25) is 0 Å². The van der Waals surface area contributed by atoms with E-state index in [0.29, 0.717) is 13.2 Å². The molecule has 1 amide bonds. The van der Waals surface area contributed by atoms with Gasteiger partial charge in [-0.25, -0.2) is 0 Å². The van der Waals surface area contributed by atoms with Crippen LogP contribution in [0.3, 0.4) is 0 Å². The minimum atomic E-state index is -0.611. The van der Waals surface area contributed by atoms with Crippen molar-refractivity contribution in [2.45, 2.75) is 18.9 Å². The predicted molar refractivity (Wildman–Crippen MR) is 55.2 cm³/mol. The molecule has 0 aliphatic heterocycles. The van der Waals surface area contributed by atoms with E-state index in [9.17, 15) is 4.79 Å². The summed E-state index contributed by atoms with van der Waals surface area (Å²) >= 11 is 0. The van der Waals surface area contributed by atoms with Crippen LogP contribution in [-0.2, 0) is 9.53 Å². The maximum absolute atomic E-state index is 11.2. The molecule has 1 unspecified atom stereocenters. The van der Waals surface area contributed by atoms with Gasteiger partial charge in [-0.1, -0.05) is 6.58 Å². The number of hydrogen-bond donors (Lipinski definition) is 2. The first kappa shape index (κ1) is 12.5. The van der Waals surface area contributed by atoms with E-state index in [-0.39, 0.29) is 12.3 Å². The van der Waals surface area contributed by atoms with E-state index in [1.807, 2.05) is 0 Å². The standard InChI is InChI=1S/C10H16N2O2/c1-3-6-9(11)10(13)12-7-5-8-14-4-2/h1,4,9H,2,5-8,11H2,(H,12,13). The van der Waals surface area contributed by atoms with Crippen molar-refractivity contribution >= 4 is 5.91 Å². The number of carbonyl (C=O) groups is 1. The molecule has 0 spiro atoms. The molecule has 4 heteroatoms. The monoisotopic (exact) mass is 196 g/mol. The van der Waals surface area contributed by atoms with E-state index in [1.165, 1.54) is 6.26 Å². The topological polar surface area (TPSA) is 64.4 Å². The Morgan fingerprint density at radius 3 is 3.07 bits per heavy atom. The average Bonchev–Trinajstić information content (AvgIpc) is 2.17. The van der Waals surface area contributed by atoms with E-state index in [1.54, 1.807) is 0 Å². The van der Waals surface area contributed by atoms with Crippen molar-refractivity contribution in [1.29, 1.82) is 0 Å². The molecule has 0 aromatic carbocycles. The molecule has 0 bridgehead atoms. The number of ether oxygens (including phenoxy) is 1. The highest BCUT2D eigenvalue weighted by atomic mass is 16.5. The van der Waals surface area contributed by atoms with Crippen LogP contribution < -0.4 is 11.1 Å². The Balaban J connectivity index is 3.44. The third-order valence-corrected chi connectivity index (χ3v) is 1.53. The molecule has 0 saturated carbocycles. The van der Waals surface area contributed by atoms with Gasteiger partial charge in [0.2, 0.25) is 5.91 Å². The smallest absolute Gasteiger partial charge is 0.237 e. The Hall–Kier alpha value is -1.47. The highest BCUT2D eigenvalue weighted by Gasteiger charge is 2.10. The second-order valence-electron chi connectivity index (χ2n) is 2.70. The number of nitrogens with one attached hydrogen (secondary N) is 1. The number of rotatable bonds is 7. The van der Waals surface area contributed by atoms with Gasteiger partial charge in [0.25, 0.3) is 0 Å². The summed E-state index contributed by atoms with van der Waals surface area (Å²) in [6.07, 6.45) is 7.37. The van der Waals surface area contributed by atoms with Crippen LogP contribution in [0.5, 0.6) is 0 Å². The first-order chi connectivity index (χ1) is 6.72. The van der Waals surface area contributed by atoms with Gasteiger partial charge < -0.3 is 15.8 Å². The Bertz CT molecular complexity index is 221. The fraction of sp³-hybridized carbons (Fsp3) is 0.500. The molecule has 0 aromatic rings. The summed E-state index contributed by atoms with van der Waals surface area (Å²) in [7, 11) is 0. The van der Waals surface area contributed by atoms with Crippen LogP contribution in [0.15, 0.2) is 12.8 Å². The lowest BCUT2D eigenvalue weighted by Crippen LogP contribution is -2.40. The van der Waals surface area contributed by atoms with Gasteiger partial charge in [0.1, 0.15) is 0 Å². The van der Waals surface area contributed by atoms with E-state index in [2.05, 4.69) is 17.8 Å². The lowest BCUT2D eigenvalue weighted by atomic mass is 10.2. The second-order valence-corrected chi connectivity index (χ2v) is 2.70. The van der Waals surface area contributed by atoms with Crippen molar-refractivity contribution < 1.29 is 9.53 Å². The first-order valence-corrected chi connectivity index (χ1v) is 4.41. The van der Waals surface area contributed by atoms with Gasteiger partial charge in [0.05, 0.1) is 18.9 Å².